The molecule has 1 aliphatic rings. The van der Waals surface area contributed by atoms with Crippen LogP contribution in [0.3, 0.4) is 0 Å². The maximum atomic E-state index is 12.2. The Kier molecular flexibility index (Phi) is 4.81. The van der Waals surface area contributed by atoms with Crippen molar-refractivity contribution in [1.82, 2.24) is 9.88 Å². The fourth-order valence-electron chi connectivity index (χ4n) is 4.02. The van der Waals surface area contributed by atoms with Crippen LogP contribution < -0.4 is 4.90 Å². The summed E-state index contributed by atoms with van der Waals surface area (Å²) in [4.78, 5) is 19.8. The minimum atomic E-state index is -0.806. The zero-order chi connectivity index (χ0) is 19.0. The number of carboxylic acids is 1. The SMILES string of the molecule is Cc1[nH]c2ccccc2c1C(C(=O)O)N1CCN(c2cccc(Cl)c2)CC1. The smallest absolute Gasteiger partial charge is 0.325 e. The molecular weight excluding hydrogens is 362 g/mol. The van der Waals surface area contributed by atoms with Gasteiger partial charge in [-0.25, -0.2) is 0 Å². The Morgan fingerprint density at radius 2 is 1.85 bits per heavy atom. The topological polar surface area (TPSA) is 59.6 Å². The van der Waals surface area contributed by atoms with Crippen LogP contribution in [0.5, 0.6) is 0 Å². The number of nitrogens with zero attached hydrogens (tertiary/aromatic N) is 2. The number of halogens is 1. The molecule has 27 heavy (non-hydrogen) atoms. The molecule has 1 atom stereocenters. The summed E-state index contributed by atoms with van der Waals surface area (Å²) in [5.41, 5.74) is 3.85. The highest BCUT2D eigenvalue weighted by Gasteiger charge is 2.33. The Labute approximate surface area is 163 Å². The number of fused-ring (bicyclic) bond motifs is 1. The second-order valence-electron chi connectivity index (χ2n) is 6.95. The van der Waals surface area contributed by atoms with E-state index >= 15 is 0 Å². The molecule has 0 radical (unpaired) electrons. The number of carboxylic acid groups (broad SMARTS) is 1. The number of piperazine rings is 1. The normalized spacial score (nSPS) is 16.6. The number of anilines is 1. The third-order valence-electron chi connectivity index (χ3n) is 5.30. The van der Waals surface area contributed by atoms with Crippen LogP contribution in [0.15, 0.2) is 48.5 Å². The van der Waals surface area contributed by atoms with Gasteiger partial charge in [0.25, 0.3) is 0 Å². The van der Waals surface area contributed by atoms with Crippen LogP contribution in [0.2, 0.25) is 5.02 Å². The molecule has 2 aromatic carbocycles. The highest BCUT2D eigenvalue weighted by atomic mass is 35.5. The van der Waals surface area contributed by atoms with Gasteiger partial charge in [-0.15, -0.1) is 0 Å². The standard InChI is InChI=1S/C21H22ClN3O2/c1-14-19(17-7-2-3-8-18(17)23-14)20(21(26)27)25-11-9-24(10-12-25)16-6-4-5-15(22)13-16/h2-8,13,20,23H,9-12H2,1H3,(H,26,27). The molecule has 5 nitrogen and oxygen atoms in total. The third-order valence-corrected chi connectivity index (χ3v) is 5.54. The Morgan fingerprint density at radius 3 is 2.56 bits per heavy atom. The number of aryl methyl sites for hydroxylation is 1. The van der Waals surface area contributed by atoms with Gasteiger partial charge in [0, 0.05) is 59.0 Å². The zero-order valence-corrected chi connectivity index (χ0v) is 15.9. The number of hydrogen-bond donors (Lipinski definition) is 2. The summed E-state index contributed by atoms with van der Waals surface area (Å²) in [5, 5.41) is 11.7. The molecular formula is C21H22ClN3O2. The fourth-order valence-corrected chi connectivity index (χ4v) is 4.21. The van der Waals surface area contributed by atoms with Gasteiger partial charge in [0.1, 0.15) is 6.04 Å². The van der Waals surface area contributed by atoms with Crippen LogP contribution in [-0.2, 0) is 4.79 Å². The van der Waals surface area contributed by atoms with Gasteiger partial charge in [-0.05, 0) is 31.2 Å². The summed E-state index contributed by atoms with van der Waals surface area (Å²) >= 11 is 6.11. The van der Waals surface area contributed by atoms with Crippen molar-refractivity contribution in [3.05, 3.63) is 64.8 Å². The minimum absolute atomic E-state index is 0.650. The lowest BCUT2D eigenvalue weighted by atomic mass is 10.0. The number of carbonyl (C=O) groups is 1. The number of H-pyrrole nitrogens is 1. The Bertz CT molecular complexity index is 976. The first kappa shape index (κ1) is 17.9. The van der Waals surface area contributed by atoms with Gasteiger partial charge in [-0.2, -0.15) is 0 Å². The number of aromatic amines is 1. The molecule has 0 bridgehead atoms. The summed E-state index contributed by atoms with van der Waals surface area (Å²) < 4.78 is 0. The molecule has 6 heteroatoms. The average Bonchev–Trinajstić information content (AvgIpc) is 2.98. The number of aromatic nitrogens is 1. The molecule has 2 heterocycles. The molecule has 1 unspecified atom stereocenters. The van der Waals surface area contributed by atoms with Crippen LogP contribution in [0, 0.1) is 6.92 Å². The summed E-state index contributed by atoms with van der Waals surface area (Å²) in [6.45, 7) is 4.86. The molecule has 0 amide bonds. The zero-order valence-electron chi connectivity index (χ0n) is 15.2. The Balaban J connectivity index is 1.59. The van der Waals surface area contributed by atoms with Crippen molar-refractivity contribution >= 4 is 34.2 Å². The van der Waals surface area contributed by atoms with Crippen molar-refractivity contribution < 1.29 is 9.90 Å². The van der Waals surface area contributed by atoms with E-state index in [9.17, 15) is 9.90 Å². The first-order valence-electron chi connectivity index (χ1n) is 9.09. The van der Waals surface area contributed by atoms with Gasteiger partial charge in [0.15, 0.2) is 0 Å². The summed E-state index contributed by atoms with van der Waals surface area (Å²) in [6.07, 6.45) is 0. The fraction of sp³-hybridized carbons (Fsp3) is 0.286. The summed E-state index contributed by atoms with van der Waals surface area (Å²) in [7, 11) is 0. The minimum Gasteiger partial charge on any atom is -0.480 e. The van der Waals surface area contributed by atoms with Crippen molar-refractivity contribution in [3.8, 4) is 0 Å². The number of nitrogens with one attached hydrogen (secondary N) is 1. The highest BCUT2D eigenvalue weighted by Crippen LogP contribution is 2.33. The van der Waals surface area contributed by atoms with Gasteiger partial charge in [-0.3, -0.25) is 9.69 Å². The predicted molar refractivity (Wildman–Crippen MR) is 109 cm³/mol. The van der Waals surface area contributed by atoms with Gasteiger partial charge in [0.2, 0.25) is 0 Å². The predicted octanol–water partition coefficient (Wildman–Crippen LogP) is 4.08. The molecule has 1 aromatic heterocycles. The molecule has 140 valence electrons. The van der Waals surface area contributed by atoms with Crippen LogP contribution in [0.4, 0.5) is 5.69 Å². The van der Waals surface area contributed by atoms with E-state index in [1.54, 1.807) is 0 Å². The Morgan fingerprint density at radius 1 is 1.11 bits per heavy atom. The molecule has 2 N–H and O–H groups in total. The monoisotopic (exact) mass is 383 g/mol. The largest absolute Gasteiger partial charge is 0.480 e. The van der Waals surface area contributed by atoms with E-state index in [2.05, 4.69) is 14.8 Å². The van der Waals surface area contributed by atoms with E-state index in [4.69, 9.17) is 11.6 Å². The van der Waals surface area contributed by atoms with Crippen LogP contribution in [-0.4, -0.2) is 47.1 Å². The second kappa shape index (κ2) is 7.25. The van der Waals surface area contributed by atoms with E-state index in [0.29, 0.717) is 18.1 Å². The molecule has 0 saturated carbocycles. The summed E-state index contributed by atoms with van der Waals surface area (Å²) in [5.74, 6) is -0.806. The Hall–Kier alpha value is -2.50. The van der Waals surface area contributed by atoms with E-state index in [-0.39, 0.29) is 0 Å². The van der Waals surface area contributed by atoms with Crippen molar-refractivity contribution in [2.75, 3.05) is 31.1 Å². The molecule has 1 saturated heterocycles. The van der Waals surface area contributed by atoms with Crippen molar-refractivity contribution in [3.63, 3.8) is 0 Å². The first-order chi connectivity index (χ1) is 13.0. The molecule has 1 fully saturated rings. The maximum absolute atomic E-state index is 12.2. The van der Waals surface area contributed by atoms with Crippen LogP contribution in [0.25, 0.3) is 10.9 Å². The van der Waals surface area contributed by atoms with Crippen LogP contribution >= 0.6 is 11.6 Å². The van der Waals surface area contributed by atoms with Crippen molar-refractivity contribution in [1.29, 1.82) is 0 Å². The van der Waals surface area contributed by atoms with Gasteiger partial charge in [0.05, 0.1) is 0 Å². The number of aliphatic carboxylic acids is 1. The average molecular weight is 384 g/mol. The quantitative estimate of drug-likeness (QED) is 0.712. The van der Waals surface area contributed by atoms with Crippen molar-refractivity contribution in [2.24, 2.45) is 0 Å². The highest BCUT2D eigenvalue weighted by molar-refractivity contribution is 6.30. The van der Waals surface area contributed by atoms with Crippen molar-refractivity contribution in [2.45, 2.75) is 13.0 Å². The molecule has 4 rings (SSSR count). The van der Waals surface area contributed by atoms with E-state index < -0.39 is 12.0 Å². The van der Waals surface area contributed by atoms with Gasteiger partial charge < -0.3 is 15.0 Å². The first-order valence-corrected chi connectivity index (χ1v) is 9.47. The molecule has 1 aliphatic heterocycles. The van der Waals surface area contributed by atoms with Gasteiger partial charge >= 0.3 is 5.97 Å². The number of rotatable bonds is 4. The number of para-hydroxylation sites is 1. The number of benzene rings is 2. The second-order valence-corrected chi connectivity index (χ2v) is 7.39. The number of hydrogen-bond acceptors (Lipinski definition) is 3. The molecule has 0 aliphatic carbocycles. The molecule has 3 aromatic rings. The maximum Gasteiger partial charge on any atom is 0.325 e. The van der Waals surface area contributed by atoms with E-state index in [0.717, 1.165) is 40.9 Å². The lowest BCUT2D eigenvalue weighted by molar-refractivity contribution is -0.143. The third kappa shape index (κ3) is 3.40. The lowest BCUT2D eigenvalue weighted by Crippen LogP contribution is -2.49. The van der Waals surface area contributed by atoms with Gasteiger partial charge in [-0.1, -0.05) is 35.9 Å². The summed E-state index contributed by atoms with van der Waals surface area (Å²) in [6, 6.07) is 15.0. The van der Waals surface area contributed by atoms with E-state index in [1.807, 2.05) is 55.5 Å². The molecule has 0 spiro atoms. The lowest BCUT2D eigenvalue weighted by Gasteiger charge is -2.39. The van der Waals surface area contributed by atoms with Crippen LogP contribution in [0.1, 0.15) is 17.3 Å². The van der Waals surface area contributed by atoms with E-state index in [1.165, 1.54) is 0 Å².